The van der Waals surface area contributed by atoms with Crippen LogP contribution in [0.3, 0.4) is 0 Å². The van der Waals surface area contributed by atoms with E-state index in [1.807, 2.05) is 32.9 Å². The maximum Gasteiger partial charge on any atom is 0.462 e. The molecule has 1 aliphatic rings. The second-order valence-corrected chi connectivity index (χ2v) is 8.62. The number of carbonyl (C=O) groups excluding carboxylic acids is 1. The van der Waals surface area contributed by atoms with Gasteiger partial charge in [0.05, 0.1) is 0 Å². The summed E-state index contributed by atoms with van der Waals surface area (Å²) >= 11 is 0.727. The molecule has 1 amide bonds. The van der Waals surface area contributed by atoms with Crippen LogP contribution in [0.15, 0.2) is 24.5 Å². The number of piperidine rings is 1. The van der Waals surface area contributed by atoms with Gasteiger partial charge in [-0.2, -0.15) is 0 Å². The number of hydrogen-bond acceptors (Lipinski definition) is 4. The van der Waals surface area contributed by atoms with Gasteiger partial charge in [0.1, 0.15) is 5.60 Å². The zero-order chi connectivity index (χ0) is 18.3. The van der Waals surface area contributed by atoms with E-state index >= 15 is 0 Å². The van der Waals surface area contributed by atoms with Crippen molar-refractivity contribution in [3.05, 3.63) is 30.1 Å². The van der Waals surface area contributed by atoms with Gasteiger partial charge in [-0.25, -0.2) is 4.79 Å². The number of aromatic nitrogens is 1. The Morgan fingerprint density at radius 3 is 2.52 bits per heavy atom. The molecule has 2 heterocycles. The summed E-state index contributed by atoms with van der Waals surface area (Å²) in [4.78, 5) is 17.9. The van der Waals surface area contributed by atoms with Crippen molar-refractivity contribution in [2.45, 2.75) is 63.7 Å². The predicted octanol–water partition coefficient (Wildman–Crippen LogP) is 3.85. The van der Waals surface area contributed by atoms with Crippen LogP contribution in [0.4, 0.5) is 4.79 Å². The lowest BCUT2D eigenvalue weighted by Gasteiger charge is -2.33. The van der Waals surface area contributed by atoms with E-state index in [-0.39, 0.29) is 11.3 Å². The number of aryl methyl sites for hydroxylation is 1. The Labute approximate surface area is 154 Å². The Hall–Kier alpha value is -1.56. The third kappa shape index (κ3) is 7.06. The minimum absolute atomic E-state index is 0.131. The molecule has 138 valence electrons. The Bertz CT molecular complexity index is 552. The fourth-order valence-electron chi connectivity index (χ4n) is 3.13. The van der Waals surface area contributed by atoms with Crippen molar-refractivity contribution < 1.29 is 13.7 Å². The zero-order valence-electron chi connectivity index (χ0n) is 15.4. The lowest BCUT2D eigenvalue weighted by Crippen LogP contribution is -2.42. The molecule has 5 nitrogen and oxygen atoms in total. The van der Waals surface area contributed by atoms with Crippen LogP contribution in [0.2, 0.25) is 0 Å². The van der Waals surface area contributed by atoms with Crippen molar-refractivity contribution in [2.24, 2.45) is 5.92 Å². The van der Waals surface area contributed by atoms with E-state index in [9.17, 15) is 9.00 Å². The molecule has 6 heteroatoms. The van der Waals surface area contributed by atoms with Gasteiger partial charge in [-0.15, -0.1) is 0 Å². The molecule has 0 N–H and O–H groups in total. The van der Waals surface area contributed by atoms with Crippen molar-refractivity contribution in [1.82, 2.24) is 9.88 Å². The van der Waals surface area contributed by atoms with Crippen molar-refractivity contribution >= 4 is 17.8 Å². The molecule has 0 saturated carbocycles. The summed E-state index contributed by atoms with van der Waals surface area (Å²) in [6.45, 7) is 7.10. The largest absolute Gasteiger partial charge is 0.462 e. The van der Waals surface area contributed by atoms with E-state index in [4.69, 9.17) is 4.74 Å². The lowest BCUT2D eigenvalue weighted by atomic mass is 9.90. The van der Waals surface area contributed by atoms with Crippen LogP contribution < -0.4 is 0 Å². The molecule has 25 heavy (non-hydrogen) atoms. The average Bonchev–Trinajstić information content (AvgIpc) is 2.58. The predicted molar refractivity (Wildman–Crippen MR) is 99.5 cm³/mol. The first-order valence-corrected chi connectivity index (χ1v) is 9.83. The van der Waals surface area contributed by atoms with Gasteiger partial charge >= 0.3 is 17.8 Å². The van der Waals surface area contributed by atoms with Gasteiger partial charge in [0.15, 0.2) is 0 Å². The third-order valence-electron chi connectivity index (χ3n) is 4.50. The van der Waals surface area contributed by atoms with Gasteiger partial charge in [-0.3, -0.25) is 4.98 Å². The second kappa shape index (κ2) is 9.22. The molecule has 1 aliphatic heterocycles. The van der Waals surface area contributed by atoms with E-state index in [1.54, 1.807) is 17.3 Å². The van der Waals surface area contributed by atoms with Crippen molar-refractivity contribution in [3.8, 4) is 0 Å². The van der Waals surface area contributed by atoms with E-state index in [2.05, 4.69) is 4.98 Å². The summed E-state index contributed by atoms with van der Waals surface area (Å²) in [6, 6.07) is 4.01. The highest BCUT2D eigenvalue weighted by atomic mass is 32.1. The maximum atomic E-state index is 12.1. The van der Waals surface area contributed by atoms with Crippen LogP contribution in [-0.4, -0.2) is 39.9 Å². The molecular formula is C19H29N2O3S+. The first kappa shape index (κ1) is 19.8. The fraction of sp³-hybridized carbons (Fsp3) is 0.684. The number of hydrogen-bond donors (Lipinski definition) is 0. The summed E-state index contributed by atoms with van der Waals surface area (Å²) in [5.74, 6) is 0.516. The summed E-state index contributed by atoms with van der Waals surface area (Å²) in [5, 5.41) is 0.131. The summed E-state index contributed by atoms with van der Waals surface area (Å²) in [7, 11) is 0. The highest BCUT2D eigenvalue weighted by Gasteiger charge is 2.31. The molecule has 0 aliphatic carbocycles. The van der Waals surface area contributed by atoms with Gasteiger partial charge in [0, 0.05) is 42.5 Å². The fourth-order valence-corrected chi connectivity index (χ4v) is 3.70. The number of rotatable bonds is 6. The van der Waals surface area contributed by atoms with E-state index < -0.39 is 5.60 Å². The van der Waals surface area contributed by atoms with Crippen LogP contribution in [0, 0.1) is 5.92 Å². The molecule has 1 atom stereocenters. The quantitative estimate of drug-likeness (QED) is 0.719. The van der Waals surface area contributed by atoms with Crippen molar-refractivity contribution in [1.29, 1.82) is 0 Å². The molecule has 1 saturated heterocycles. The second-order valence-electron chi connectivity index (χ2n) is 7.76. The summed E-state index contributed by atoms with van der Waals surface area (Å²) in [5.41, 5.74) is 0.777. The van der Waals surface area contributed by atoms with Crippen molar-refractivity contribution in [3.63, 3.8) is 0 Å². The maximum absolute atomic E-state index is 12.1. The molecule has 0 spiro atoms. The van der Waals surface area contributed by atoms with Gasteiger partial charge in [0.25, 0.3) is 0 Å². The standard InChI is InChI=1S/C19H29N2O3S/c1-19(2,3)24-18(22)21-12-8-16(9-13-21)14-17(25-23)5-4-15-6-10-20-11-7-15/h6-7,10-11,16-17H,4-5,8-9,12-14H2,1-3H3/q+1. The van der Waals surface area contributed by atoms with Gasteiger partial charge in [-0.05, 0) is 63.6 Å². The smallest absolute Gasteiger partial charge is 0.444 e. The van der Waals surface area contributed by atoms with Gasteiger partial charge in [0.2, 0.25) is 5.25 Å². The molecular weight excluding hydrogens is 336 g/mol. The first-order valence-electron chi connectivity index (χ1n) is 9.03. The molecule has 1 aromatic rings. The lowest BCUT2D eigenvalue weighted by molar-refractivity contribution is 0.0181. The zero-order valence-corrected chi connectivity index (χ0v) is 16.3. The van der Waals surface area contributed by atoms with Gasteiger partial charge < -0.3 is 9.64 Å². The van der Waals surface area contributed by atoms with Crippen LogP contribution in [0.5, 0.6) is 0 Å². The molecule has 1 aromatic heterocycles. The average molecular weight is 366 g/mol. The first-order chi connectivity index (χ1) is 11.9. The number of likely N-dealkylation sites (tertiary alicyclic amines) is 1. The Balaban J connectivity index is 1.74. The number of carbonyl (C=O) groups is 1. The summed E-state index contributed by atoms with van der Waals surface area (Å²) < 4.78 is 16.9. The molecule has 1 fully saturated rings. The van der Waals surface area contributed by atoms with Gasteiger partial charge in [-0.1, -0.05) is 0 Å². The van der Waals surface area contributed by atoms with Crippen molar-refractivity contribution in [2.75, 3.05) is 13.1 Å². The Morgan fingerprint density at radius 1 is 1.32 bits per heavy atom. The highest BCUT2D eigenvalue weighted by Crippen LogP contribution is 2.25. The van der Waals surface area contributed by atoms with Crippen LogP contribution in [0.25, 0.3) is 0 Å². The molecule has 0 aromatic carbocycles. The number of nitrogens with zero attached hydrogens (tertiary/aromatic N) is 2. The monoisotopic (exact) mass is 365 g/mol. The number of ether oxygens (including phenoxy) is 1. The van der Waals surface area contributed by atoms with Crippen LogP contribution >= 0.6 is 0 Å². The van der Waals surface area contributed by atoms with E-state index in [0.717, 1.165) is 56.9 Å². The summed E-state index contributed by atoms with van der Waals surface area (Å²) in [6.07, 6.45) is 8.00. The minimum atomic E-state index is -0.453. The number of pyridine rings is 1. The highest BCUT2D eigenvalue weighted by molar-refractivity contribution is 7.66. The minimum Gasteiger partial charge on any atom is -0.444 e. The Morgan fingerprint density at radius 2 is 1.96 bits per heavy atom. The molecule has 2 rings (SSSR count). The molecule has 0 bridgehead atoms. The Kier molecular flexibility index (Phi) is 7.29. The number of amides is 1. The normalized spacial score (nSPS) is 17.2. The molecule has 1 unspecified atom stereocenters. The third-order valence-corrected chi connectivity index (χ3v) is 5.20. The SMILES string of the molecule is CC(C)(C)OC(=O)N1CCC(CC(CCc2ccncc2)[S+]=O)CC1. The van der Waals surface area contributed by atoms with Crippen LogP contribution in [0.1, 0.15) is 52.0 Å². The van der Waals surface area contributed by atoms with E-state index in [0.29, 0.717) is 5.92 Å². The topological polar surface area (TPSA) is 59.5 Å². The van der Waals surface area contributed by atoms with E-state index in [1.165, 1.54) is 5.56 Å². The van der Waals surface area contributed by atoms with Crippen LogP contribution in [-0.2, 0) is 27.0 Å². The molecule has 0 radical (unpaired) electrons.